The van der Waals surface area contributed by atoms with Crippen molar-refractivity contribution in [1.29, 1.82) is 0 Å². The van der Waals surface area contributed by atoms with Gasteiger partial charge in [-0.25, -0.2) is 0 Å². The Morgan fingerprint density at radius 3 is 2.90 bits per heavy atom. The highest BCUT2D eigenvalue weighted by Crippen LogP contribution is 2.07. The molecule has 0 aliphatic carbocycles. The predicted molar refractivity (Wildman–Crippen MR) is 93.8 cm³/mol. The second-order valence-corrected chi connectivity index (χ2v) is 4.96. The number of halogens is 1. The van der Waals surface area contributed by atoms with Crippen molar-refractivity contribution in [3.8, 4) is 0 Å². The maximum Gasteiger partial charge on any atom is 0.188 e. The summed E-state index contributed by atoms with van der Waals surface area (Å²) < 4.78 is 10.9. The third-order valence-corrected chi connectivity index (χ3v) is 3.16. The van der Waals surface area contributed by atoms with Crippen LogP contribution in [-0.4, -0.2) is 45.0 Å². The molecule has 1 unspecified atom stereocenters. The number of nitrogens with two attached hydrogens (primary N) is 1. The van der Waals surface area contributed by atoms with Crippen LogP contribution < -0.4 is 11.1 Å². The zero-order valence-electron chi connectivity index (χ0n) is 12.6. The van der Waals surface area contributed by atoms with Crippen molar-refractivity contribution in [3.05, 3.63) is 0 Å². The van der Waals surface area contributed by atoms with Crippen LogP contribution in [0.3, 0.4) is 0 Å². The molecule has 20 heavy (non-hydrogen) atoms. The molecule has 0 aromatic heterocycles. The van der Waals surface area contributed by atoms with Crippen LogP contribution in [0.2, 0.25) is 0 Å². The van der Waals surface area contributed by atoms with Gasteiger partial charge in [-0.1, -0.05) is 26.2 Å². The Morgan fingerprint density at radius 1 is 1.35 bits per heavy atom. The predicted octanol–water partition coefficient (Wildman–Crippen LogP) is 2.28. The van der Waals surface area contributed by atoms with Gasteiger partial charge in [0.25, 0.3) is 0 Å². The van der Waals surface area contributed by atoms with Gasteiger partial charge in [0.15, 0.2) is 5.96 Å². The molecule has 0 spiro atoms. The van der Waals surface area contributed by atoms with Crippen LogP contribution >= 0.6 is 24.0 Å². The van der Waals surface area contributed by atoms with Gasteiger partial charge in [0.05, 0.1) is 12.7 Å². The van der Waals surface area contributed by atoms with E-state index in [0.29, 0.717) is 5.96 Å². The Bertz CT molecular complexity index is 247. The number of hydrogen-bond acceptors (Lipinski definition) is 3. The van der Waals surface area contributed by atoms with E-state index in [9.17, 15) is 0 Å². The van der Waals surface area contributed by atoms with Crippen molar-refractivity contribution in [1.82, 2.24) is 5.32 Å². The van der Waals surface area contributed by atoms with Gasteiger partial charge in [0.2, 0.25) is 0 Å². The second kappa shape index (κ2) is 13.9. The third kappa shape index (κ3) is 10.7. The smallest absolute Gasteiger partial charge is 0.188 e. The first-order valence-corrected chi connectivity index (χ1v) is 7.56. The average molecular weight is 399 g/mol. The van der Waals surface area contributed by atoms with Crippen LogP contribution in [0.1, 0.15) is 45.4 Å². The molecule has 1 atom stereocenters. The molecule has 6 heteroatoms. The van der Waals surface area contributed by atoms with E-state index in [1.807, 2.05) is 0 Å². The first kappa shape index (κ1) is 19.9. The van der Waals surface area contributed by atoms with E-state index in [4.69, 9.17) is 15.2 Å². The minimum atomic E-state index is 0. The van der Waals surface area contributed by atoms with E-state index in [2.05, 4.69) is 17.2 Å². The van der Waals surface area contributed by atoms with Crippen LogP contribution in [0, 0.1) is 0 Å². The van der Waals surface area contributed by atoms with Crippen molar-refractivity contribution in [2.45, 2.75) is 51.6 Å². The summed E-state index contributed by atoms with van der Waals surface area (Å²) in [5.74, 6) is 0.556. The summed E-state index contributed by atoms with van der Waals surface area (Å²) in [6.45, 7) is 6.17. The van der Waals surface area contributed by atoms with Crippen LogP contribution in [0.5, 0.6) is 0 Å². The summed E-state index contributed by atoms with van der Waals surface area (Å²) in [5.41, 5.74) is 5.77. The summed E-state index contributed by atoms with van der Waals surface area (Å²) in [7, 11) is 0. The first-order chi connectivity index (χ1) is 9.33. The van der Waals surface area contributed by atoms with E-state index in [-0.39, 0.29) is 30.1 Å². The van der Waals surface area contributed by atoms with Crippen molar-refractivity contribution in [2.75, 3.05) is 32.9 Å². The molecule has 120 valence electrons. The van der Waals surface area contributed by atoms with Gasteiger partial charge in [-0.3, -0.25) is 4.99 Å². The van der Waals surface area contributed by atoms with Crippen molar-refractivity contribution in [3.63, 3.8) is 0 Å². The van der Waals surface area contributed by atoms with Crippen LogP contribution in [0.25, 0.3) is 0 Å². The number of nitrogens with one attached hydrogen (secondary N) is 1. The minimum Gasteiger partial charge on any atom is -0.379 e. The van der Waals surface area contributed by atoms with Crippen molar-refractivity contribution < 1.29 is 9.47 Å². The fraction of sp³-hybridized carbons (Fsp3) is 0.929. The molecular weight excluding hydrogens is 369 g/mol. The molecule has 5 nitrogen and oxygen atoms in total. The molecule has 3 N–H and O–H groups in total. The highest BCUT2D eigenvalue weighted by molar-refractivity contribution is 14.0. The first-order valence-electron chi connectivity index (χ1n) is 7.56. The lowest BCUT2D eigenvalue weighted by atomic mass is 10.2. The Kier molecular flexibility index (Phi) is 13.8. The van der Waals surface area contributed by atoms with Gasteiger partial charge < -0.3 is 20.5 Å². The highest BCUT2D eigenvalue weighted by Gasteiger charge is 2.14. The molecule has 1 saturated heterocycles. The van der Waals surface area contributed by atoms with Crippen molar-refractivity contribution >= 4 is 29.9 Å². The molecule has 1 aliphatic rings. The number of hydrogen-bond donors (Lipinski definition) is 2. The van der Waals surface area contributed by atoms with Gasteiger partial charge in [0.1, 0.15) is 0 Å². The second-order valence-electron chi connectivity index (χ2n) is 4.96. The number of guanidine groups is 1. The lowest BCUT2D eigenvalue weighted by Gasteiger charge is -2.09. The van der Waals surface area contributed by atoms with E-state index < -0.39 is 0 Å². The Labute approximate surface area is 140 Å². The SMILES string of the molecule is CCCCCCNC(N)=NCCCOC1CCOC1.I. The molecule has 0 radical (unpaired) electrons. The summed E-state index contributed by atoms with van der Waals surface area (Å²) in [6, 6.07) is 0. The zero-order chi connectivity index (χ0) is 13.8. The zero-order valence-corrected chi connectivity index (χ0v) is 14.9. The lowest BCUT2D eigenvalue weighted by molar-refractivity contribution is 0.0424. The van der Waals surface area contributed by atoms with Crippen LogP contribution in [-0.2, 0) is 9.47 Å². The summed E-state index contributed by atoms with van der Waals surface area (Å²) in [4.78, 5) is 4.28. The summed E-state index contributed by atoms with van der Waals surface area (Å²) in [5, 5.41) is 3.14. The Morgan fingerprint density at radius 2 is 2.20 bits per heavy atom. The lowest BCUT2D eigenvalue weighted by Crippen LogP contribution is -2.32. The van der Waals surface area contributed by atoms with Crippen LogP contribution in [0.4, 0.5) is 0 Å². The van der Waals surface area contributed by atoms with Crippen LogP contribution in [0.15, 0.2) is 4.99 Å². The molecule has 0 amide bonds. The largest absolute Gasteiger partial charge is 0.379 e. The third-order valence-electron chi connectivity index (χ3n) is 3.16. The van der Waals surface area contributed by atoms with Gasteiger partial charge in [-0.2, -0.15) is 0 Å². The molecule has 1 heterocycles. The van der Waals surface area contributed by atoms with Gasteiger partial charge >= 0.3 is 0 Å². The van der Waals surface area contributed by atoms with Gasteiger partial charge in [-0.15, -0.1) is 24.0 Å². The van der Waals surface area contributed by atoms with E-state index in [0.717, 1.165) is 52.2 Å². The van der Waals surface area contributed by atoms with E-state index in [1.165, 1.54) is 19.3 Å². The molecule has 1 aliphatic heterocycles. The highest BCUT2D eigenvalue weighted by atomic mass is 127. The molecule has 0 aromatic carbocycles. The topological polar surface area (TPSA) is 68.9 Å². The summed E-state index contributed by atoms with van der Waals surface area (Å²) in [6.07, 6.45) is 7.19. The standard InChI is InChI=1S/C14H29N3O2.HI/c1-2-3-4-5-8-16-14(15)17-9-6-10-19-13-7-11-18-12-13;/h13H,2-12H2,1H3,(H3,15,16,17);1H. The molecule has 0 saturated carbocycles. The fourth-order valence-electron chi connectivity index (χ4n) is 1.98. The quantitative estimate of drug-likeness (QED) is 0.256. The minimum absolute atomic E-state index is 0. The maximum absolute atomic E-state index is 5.77. The number of nitrogens with zero attached hydrogens (tertiary/aromatic N) is 1. The normalized spacial score (nSPS) is 18.9. The molecular formula is C14H30IN3O2. The van der Waals surface area contributed by atoms with Gasteiger partial charge in [0, 0.05) is 26.3 Å². The van der Waals surface area contributed by atoms with Gasteiger partial charge in [-0.05, 0) is 19.3 Å². The fourth-order valence-corrected chi connectivity index (χ4v) is 1.98. The number of ether oxygens (including phenoxy) is 2. The number of unbranched alkanes of at least 4 members (excludes halogenated alkanes) is 3. The molecule has 1 fully saturated rings. The monoisotopic (exact) mass is 399 g/mol. The Hall–Kier alpha value is -0.0800. The molecule has 0 bridgehead atoms. The summed E-state index contributed by atoms with van der Waals surface area (Å²) >= 11 is 0. The number of aliphatic imine (C=N–C) groups is 1. The van der Waals surface area contributed by atoms with E-state index >= 15 is 0 Å². The van der Waals surface area contributed by atoms with E-state index in [1.54, 1.807) is 0 Å². The average Bonchev–Trinajstić information content (AvgIpc) is 2.91. The molecule has 1 rings (SSSR count). The molecule has 0 aromatic rings. The number of rotatable bonds is 10. The maximum atomic E-state index is 5.77. The Balaban J connectivity index is 0.00000361. The van der Waals surface area contributed by atoms with Crippen molar-refractivity contribution in [2.24, 2.45) is 10.7 Å².